The van der Waals surface area contributed by atoms with Crippen molar-refractivity contribution in [1.29, 1.82) is 0 Å². The van der Waals surface area contributed by atoms with Crippen LogP contribution in [0, 0.1) is 13.8 Å². The van der Waals surface area contributed by atoms with Crippen LogP contribution in [0.5, 0.6) is 0 Å². The lowest BCUT2D eigenvalue weighted by atomic mass is 10.2. The minimum atomic E-state index is -0.618. The Labute approximate surface area is 162 Å². The highest BCUT2D eigenvalue weighted by Crippen LogP contribution is 2.20. The summed E-state index contributed by atoms with van der Waals surface area (Å²) in [7, 11) is 0. The van der Waals surface area contributed by atoms with Crippen molar-refractivity contribution in [1.82, 2.24) is 0 Å². The number of amides is 2. The first-order valence-corrected chi connectivity index (χ1v) is 8.80. The van der Waals surface area contributed by atoms with Crippen LogP contribution in [0.15, 0.2) is 42.5 Å². The molecule has 0 aromatic heterocycles. The number of ether oxygens (including phenoxy) is 1. The van der Waals surface area contributed by atoms with Gasteiger partial charge in [-0.1, -0.05) is 35.9 Å². The number of benzene rings is 2. The Kier molecular flexibility index (Phi) is 7.37. The zero-order chi connectivity index (χ0) is 19.8. The maximum atomic E-state index is 11.9. The van der Waals surface area contributed by atoms with Gasteiger partial charge >= 0.3 is 5.97 Å². The Morgan fingerprint density at radius 2 is 1.56 bits per heavy atom. The lowest BCUT2D eigenvalue weighted by Crippen LogP contribution is -2.22. The van der Waals surface area contributed by atoms with Crippen molar-refractivity contribution >= 4 is 40.8 Å². The number of aryl methyl sites for hydroxylation is 2. The van der Waals surface area contributed by atoms with E-state index in [0.29, 0.717) is 16.4 Å². The molecule has 142 valence electrons. The second kappa shape index (κ2) is 9.73. The maximum Gasteiger partial charge on any atom is 0.306 e. The molecule has 2 aromatic carbocycles. The standard InChI is InChI=1S/C20H21ClN2O4/c1-13-5-3-4-6-16(13)22-18(24)9-10-20(26)27-12-19(25)23-17-11-15(21)8-7-14(17)2/h3-8,11H,9-10,12H2,1-2H3,(H,22,24)(H,23,25). The van der Waals surface area contributed by atoms with E-state index in [-0.39, 0.29) is 18.7 Å². The third kappa shape index (κ3) is 6.75. The number of nitrogens with one attached hydrogen (secondary N) is 2. The molecule has 0 bridgehead atoms. The average molecular weight is 389 g/mol. The number of para-hydroxylation sites is 1. The zero-order valence-electron chi connectivity index (χ0n) is 15.2. The molecule has 0 saturated heterocycles. The molecule has 0 heterocycles. The number of anilines is 2. The van der Waals surface area contributed by atoms with Crippen molar-refractivity contribution in [3.05, 3.63) is 58.6 Å². The number of carbonyl (C=O) groups is 3. The quantitative estimate of drug-likeness (QED) is 0.705. The van der Waals surface area contributed by atoms with Gasteiger partial charge in [0.05, 0.1) is 6.42 Å². The Morgan fingerprint density at radius 3 is 2.30 bits per heavy atom. The third-order valence-corrected chi connectivity index (χ3v) is 4.05. The molecule has 7 heteroatoms. The van der Waals surface area contributed by atoms with E-state index in [4.69, 9.17) is 16.3 Å². The van der Waals surface area contributed by atoms with Gasteiger partial charge in [-0.25, -0.2) is 0 Å². The van der Waals surface area contributed by atoms with Crippen molar-refractivity contribution in [2.45, 2.75) is 26.7 Å². The number of esters is 1. The molecule has 0 aliphatic heterocycles. The summed E-state index contributed by atoms with van der Waals surface area (Å²) in [6.45, 7) is 3.28. The molecule has 2 aromatic rings. The minimum Gasteiger partial charge on any atom is -0.456 e. The van der Waals surface area contributed by atoms with E-state index in [1.165, 1.54) is 0 Å². The third-order valence-electron chi connectivity index (χ3n) is 3.81. The van der Waals surface area contributed by atoms with Gasteiger partial charge in [0.2, 0.25) is 5.91 Å². The first-order valence-electron chi connectivity index (χ1n) is 8.42. The fraction of sp³-hybridized carbons (Fsp3) is 0.250. The molecule has 27 heavy (non-hydrogen) atoms. The van der Waals surface area contributed by atoms with Crippen molar-refractivity contribution < 1.29 is 19.1 Å². The number of hydrogen-bond donors (Lipinski definition) is 2. The highest BCUT2D eigenvalue weighted by molar-refractivity contribution is 6.31. The second-order valence-electron chi connectivity index (χ2n) is 6.03. The van der Waals surface area contributed by atoms with Crippen LogP contribution in [0.2, 0.25) is 5.02 Å². The average Bonchev–Trinajstić information content (AvgIpc) is 2.63. The van der Waals surface area contributed by atoms with E-state index in [1.807, 2.05) is 32.0 Å². The van der Waals surface area contributed by atoms with E-state index in [1.54, 1.807) is 24.3 Å². The van der Waals surface area contributed by atoms with E-state index in [9.17, 15) is 14.4 Å². The first kappa shape index (κ1) is 20.5. The molecule has 0 saturated carbocycles. The van der Waals surface area contributed by atoms with Crippen LogP contribution in [0.4, 0.5) is 11.4 Å². The maximum absolute atomic E-state index is 11.9. The molecule has 0 aliphatic rings. The largest absolute Gasteiger partial charge is 0.456 e. The van der Waals surface area contributed by atoms with Gasteiger partial charge < -0.3 is 15.4 Å². The molecular weight excluding hydrogens is 368 g/mol. The highest BCUT2D eigenvalue weighted by Gasteiger charge is 2.12. The van der Waals surface area contributed by atoms with Gasteiger partial charge in [0.25, 0.3) is 5.91 Å². The highest BCUT2D eigenvalue weighted by atomic mass is 35.5. The van der Waals surface area contributed by atoms with Gasteiger partial charge in [0, 0.05) is 22.8 Å². The molecule has 0 radical (unpaired) electrons. The summed E-state index contributed by atoms with van der Waals surface area (Å²) < 4.78 is 4.91. The predicted molar refractivity (Wildman–Crippen MR) is 105 cm³/mol. The number of carbonyl (C=O) groups excluding carboxylic acids is 3. The van der Waals surface area contributed by atoms with E-state index in [2.05, 4.69) is 10.6 Å². The van der Waals surface area contributed by atoms with Crippen molar-refractivity contribution in [2.75, 3.05) is 17.2 Å². The fourth-order valence-corrected chi connectivity index (χ4v) is 2.45. The second-order valence-corrected chi connectivity index (χ2v) is 6.47. The van der Waals surface area contributed by atoms with E-state index < -0.39 is 18.5 Å². The molecule has 2 rings (SSSR count). The summed E-state index contributed by atoms with van der Waals surface area (Å²) in [6, 6.07) is 12.5. The summed E-state index contributed by atoms with van der Waals surface area (Å²) in [4.78, 5) is 35.5. The molecule has 0 spiro atoms. The Bertz CT molecular complexity index is 852. The van der Waals surface area contributed by atoms with E-state index in [0.717, 1.165) is 11.1 Å². The summed E-state index contributed by atoms with van der Waals surface area (Å²) in [6.07, 6.45) is -0.136. The molecule has 0 atom stereocenters. The molecular formula is C20H21ClN2O4. The van der Waals surface area contributed by atoms with Gasteiger partial charge in [0.1, 0.15) is 0 Å². The summed E-state index contributed by atoms with van der Waals surface area (Å²) in [5.74, 6) is -1.38. The van der Waals surface area contributed by atoms with Crippen molar-refractivity contribution in [3.63, 3.8) is 0 Å². The lowest BCUT2D eigenvalue weighted by Gasteiger charge is -2.10. The predicted octanol–water partition coefficient (Wildman–Crippen LogP) is 3.86. The molecule has 6 nitrogen and oxygen atoms in total. The number of hydrogen-bond acceptors (Lipinski definition) is 4. The van der Waals surface area contributed by atoms with Crippen LogP contribution in [-0.2, 0) is 19.1 Å². The minimum absolute atomic E-state index is 0.0256. The Balaban J connectivity index is 1.72. The smallest absolute Gasteiger partial charge is 0.306 e. The molecule has 0 unspecified atom stereocenters. The summed E-state index contributed by atoms with van der Waals surface area (Å²) in [5.41, 5.74) is 3.03. The summed E-state index contributed by atoms with van der Waals surface area (Å²) in [5, 5.41) is 5.86. The van der Waals surface area contributed by atoms with E-state index >= 15 is 0 Å². The molecule has 0 fully saturated rings. The monoisotopic (exact) mass is 388 g/mol. The topological polar surface area (TPSA) is 84.5 Å². The zero-order valence-corrected chi connectivity index (χ0v) is 15.9. The van der Waals surface area contributed by atoms with Gasteiger partial charge in [-0.15, -0.1) is 0 Å². The van der Waals surface area contributed by atoms with Crippen LogP contribution < -0.4 is 10.6 Å². The molecule has 2 amide bonds. The SMILES string of the molecule is Cc1ccccc1NC(=O)CCC(=O)OCC(=O)Nc1cc(Cl)ccc1C. The van der Waals surface area contributed by atoms with Crippen LogP contribution in [-0.4, -0.2) is 24.4 Å². The van der Waals surface area contributed by atoms with Gasteiger partial charge in [-0.2, -0.15) is 0 Å². The summed E-state index contributed by atoms with van der Waals surface area (Å²) >= 11 is 5.89. The first-order chi connectivity index (χ1) is 12.8. The van der Waals surface area contributed by atoms with Crippen LogP contribution in [0.25, 0.3) is 0 Å². The molecule has 2 N–H and O–H groups in total. The van der Waals surface area contributed by atoms with Crippen LogP contribution in [0.3, 0.4) is 0 Å². The number of rotatable bonds is 7. The Hall–Kier alpha value is -2.86. The number of halogens is 1. The van der Waals surface area contributed by atoms with Gasteiger partial charge in [-0.3, -0.25) is 14.4 Å². The van der Waals surface area contributed by atoms with Crippen molar-refractivity contribution in [2.24, 2.45) is 0 Å². The lowest BCUT2D eigenvalue weighted by molar-refractivity contribution is -0.147. The molecule has 0 aliphatic carbocycles. The Morgan fingerprint density at radius 1 is 0.889 bits per heavy atom. The van der Waals surface area contributed by atoms with Crippen LogP contribution >= 0.6 is 11.6 Å². The fourth-order valence-electron chi connectivity index (χ4n) is 2.27. The van der Waals surface area contributed by atoms with Crippen LogP contribution in [0.1, 0.15) is 24.0 Å². The van der Waals surface area contributed by atoms with Gasteiger partial charge in [0.15, 0.2) is 6.61 Å². The normalized spacial score (nSPS) is 10.2. The van der Waals surface area contributed by atoms with Crippen molar-refractivity contribution in [3.8, 4) is 0 Å². The van der Waals surface area contributed by atoms with Gasteiger partial charge in [-0.05, 0) is 43.2 Å².